The lowest BCUT2D eigenvalue weighted by Gasteiger charge is -2.37. The van der Waals surface area contributed by atoms with Gasteiger partial charge in [-0.1, -0.05) is 49.3 Å². The highest BCUT2D eigenvalue weighted by Gasteiger charge is 2.28. The molecule has 1 aliphatic rings. The van der Waals surface area contributed by atoms with E-state index in [2.05, 4.69) is 22.0 Å². The maximum Gasteiger partial charge on any atom is 0.244 e. The molecule has 24 heavy (non-hydrogen) atoms. The Bertz CT molecular complexity index is 675. The Morgan fingerprint density at radius 1 is 1.08 bits per heavy atom. The van der Waals surface area contributed by atoms with E-state index in [0.717, 1.165) is 31.7 Å². The van der Waals surface area contributed by atoms with Crippen LogP contribution in [0.25, 0.3) is 11.4 Å². The summed E-state index contributed by atoms with van der Waals surface area (Å²) >= 11 is 0. The van der Waals surface area contributed by atoms with Crippen LogP contribution < -0.4 is 0 Å². The number of benzene rings is 1. The summed E-state index contributed by atoms with van der Waals surface area (Å²) in [6, 6.07) is 9.86. The van der Waals surface area contributed by atoms with Crippen LogP contribution in [0.2, 0.25) is 0 Å². The minimum absolute atomic E-state index is 0.0475. The lowest BCUT2D eigenvalue weighted by molar-refractivity contribution is -0.136. The van der Waals surface area contributed by atoms with Gasteiger partial charge in [0.25, 0.3) is 0 Å². The number of hydrogen-bond donors (Lipinski definition) is 0. The van der Waals surface area contributed by atoms with E-state index in [4.69, 9.17) is 4.52 Å². The highest BCUT2D eigenvalue weighted by atomic mass is 16.5. The molecule has 3 rings (SSSR count). The molecule has 0 N–H and O–H groups in total. The van der Waals surface area contributed by atoms with E-state index in [0.29, 0.717) is 11.7 Å². The van der Waals surface area contributed by atoms with Crippen LogP contribution in [0.5, 0.6) is 0 Å². The molecule has 1 unspecified atom stereocenters. The molecule has 1 atom stereocenters. The van der Waals surface area contributed by atoms with Crippen LogP contribution >= 0.6 is 0 Å². The summed E-state index contributed by atoms with van der Waals surface area (Å²) in [5.41, 5.74) is 0.951. The van der Waals surface area contributed by atoms with E-state index in [1.54, 1.807) is 0 Å². The molecule has 6 nitrogen and oxygen atoms in total. The highest BCUT2D eigenvalue weighted by Crippen LogP contribution is 2.23. The predicted molar refractivity (Wildman–Crippen MR) is 91.1 cm³/mol. The topological polar surface area (TPSA) is 62.5 Å². The summed E-state index contributed by atoms with van der Waals surface area (Å²) in [6.45, 7) is 9.11. The van der Waals surface area contributed by atoms with Crippen molar-refractivity contribution in [2.24, 2.45) is 5.92 Å². The van der Waals surface area contributed by atoms with Crippen molar-refractivity contribution < 1.29 is 9.32 Å². The number of hydrogen-bond acceptors (Lipinski definition) is 5. The molecule has 0 aliphatic carbocycles. The van der Waals surface area contributed by atoms with Crippen molar-refractivity contribution in [3.05, 3.63) is 36.2 Å². The zero-order valence-electron chi connectivity index (χ0n) is 14.5. The molecule has 6 heteroatoms. The maximum absolute atomic E-state index is 12.1. The average Bonchev–Trinajstić information content (AvgIpc) is 3.11. The molecule has 1 aliphatic heterocycles. The highest BCUT2D eigenvalue weighted by molar-refractivity contribution is 5.78. The Hall–Kier alpha value is -2.21. The first-order valence-corrected chi connectivity index (χ1v) is 8.48. The normalized spacial score (nSPS) is 17.2. The molecule has 1 fully saturated rings. The summed E-state index contributed by atoms with van der Waals surface area (Å²) in [5, 5.41) is 4.09. The van der Waals surface area contributed by atoms with Gasteiger partial charge in [-0.05, 0) is 6.92 Å². The van der Waals surface area contributed by atoms with E-state index >= 15 is 0 Å². The van der Waals surface area contributed by atoms with Gasteiger partial charge in [-0.2, -0.15) is 4.98 Å². The van der Waals surface area contributed by atoms with Gasteiger partial charge in [0, 0.05) is 37.7 Å². The molecule has 2 heterocycles. The molecule has 0 radical (unpaired) electrons. The standard InChI is InChI=1S/C18H24N4O2/c1-13(2)18(23)22-11-9-21(10-12-22)14(3)17-19-16(20-24-17)15-7-5-4-6-8-15/h4-8,13-14H,9-12H2,1-3H3. The first-order valence-electron chi connectivity index (χ1n) is 8.48. The minimum atomic E-state index is 0.0475. The molecule has 128 valence electrons. The van der Waals surface area contributed by atoms with Crippen molar-refractivity contribution in [3.63, 3.8) is 0 Å². The summed E-state index contributed by atoms with van der Waals surface area (Å²) < 4.78 is 5.46. The quantitative estimate of drug-likeness (QED) is 0.863. The van der Waals surface area contributed by atoms with Crippen LogP contribution in [0.1, 0.15) is 32.7 Å². The maximum atomic E-state index is 12.1. The molecule has 1 aromatic heterocycles. The molecule has 0 bridgehead atoms. The largest absolute Gasteiger partial charge is 0.340 e. The van der Waals surface area contributed by atoms with Crippen molar-refractivity contribution in [1.82, 2.24) is 19.9 Å². The summed E-state index contributed by atoms with van der Waals surface area (Å²) in [4.78, 5) is 20.8. The van der Waals surface area contributed by atoms with Gasteiger partial charge < -0.3 is 9.42 Å². The number of rotatable bonds is 4. The molecule has 1 saturated heterocycles. The van der Waals surface area contributed by atoms with Crippen LogP contribution in [0.3, 0.4) is 0 Å². The number of aromatic nitrogens is 2. The Labute approximate surface area is 142 Å². The van der Waals surface area contributed by atoms with E-state index in [1.165, 1.54) is 0 Å². The lowest BCUT2D eigenvalue weighted by Crippen LogP contribution is -2.50. The molecule has 1 aromatic carbocycles. The molecule has 0 spiro atoms. The van der Waals surface area contributed by atoms with Gasteiger partial charge in [0.2, 0.25) is 17.6 Å². The average molecular weight is 328 g/mol. The molecule has 1 amide bonds. The number of piperazine rings is 1. The summed E-state index contributed by atoms with van der Waals surface area (Å²) in [7, 11) is 0. The van der Waals surface area contributed by atoms with Crippen LogP contribution in [0.15, 0.2) is 34.9 Å². The van der Waals surface area contributed by atoms with Gasteiger partial charge in [0.05, 0.1) is 6.04 Å². The molecular formula is C18H24N4O2. The first kappa shape index (κ1) is 16.6. The first-order chi connectivity index (χ1) is 11.6. The van der Waals surface area contributed by atoms with Crippen LogP contribution in [0, 0.1) is 5.92 Å². The monoisotopic (exact) mass is 328 g/mol. The van der Waals surface area contributed by atoms with Gasteiger partial charge in [-0.15, -0.1) is 0 Å². The Morgan fingerprint density at radius 2 is 1.75 bits per heavy atom. The molecule has 0 saturated carbocycles. The van der Waals surface area contributed by atoms with Gasteiger partial charge in [-0.25, -0.2) is 0 Å². The second-order valence-electron chi connectivity index (χ2n) is 6.51. The van der Waals surface area contributed by atoms with Gasteiger partial charge in [0.1, 0.15) is 0 Å². The third-order valence-electron chi connectivity index (χ3n) is 4.50. The number of carbonyl (C=O) groups excluding carboxylic acids is 1. The van der Waals surface area contributed by atoms with Crippen molar-refractivity contribution >= 4 is 5.91 Å². The lowest BCUT2D eigenvalue weighted by atomic mass is 10.1. The van der Waals surface area contributed by atoms with Gasteiger partial charge in [-0.3, -0.25) is 9.69 Å². The Kier molecular flexibility index (Phi) is 4.94. The summed E-state index contributed by atoms with van der Waals surface area (Å²) in [6.07, 6.45) is 0. The predicted octanol–water partition coefficient (Wildman–Crippen LogP) is 2.60. The molecule has 2 aromatic rings. The fraction of sp³-hybridized carbons (Fsp3) is 0.500. The van der Waals surface area contributed by atoms with E-state index < -0.39 is 0 Å². The zero-order valence-corrected chi connectivity index (χ0v) is 14.5. The Morgan fingerprint density at radius 3 is 2.38 bits per heavy atom. The minimum Gasteiger partial charge on any atom is -0.340 e. The fourth-order valence-electron chi connectivity index (χ4n) is 2.96. The van der Waals surface area contributed by atoms with E-state index in [9.17, 15) is 4.79 Å². The molecular weight excluding hydrogens is 304 g/mol. The van der Waals surface area contributed by atoms with Crippen LogP contribution in [-0.2, 0) is 4.79 Å². The number of carbonyl (C=O) groups is 1. The second kappa shape index (κ2) is 7.13. The van der Waals surface area contributed by atoms with Crippen molar-refractivity contribution in [3.8, 4) is 11.4 Å². The van der Waals surface area contributed by atoms with E-state index in [-0.39, 0.29) is 17.9 Å². The fourth-order valence-corrected chi connectivity index (χ4v) is 2.96. The summed E-state index contributed by atoms with van der Waals surface area (Å²) in [5.74, 6) is 1.52. The third kappa shape index (κ3) is 3.48. The van der Waals surface area contributed by atoms with Crippen molar-refractivity contribution in [1.29, 1.82) is 0 Å². The number of amides is 1. The number of nitrogens with zero attached hydrogens (tertiary/aromatic N) is 4. The smallest absolute Gasteiger partial charge is 0.244 e. The SMILES string of the molecule is CC(C)C(=O)N1CCN(C(C)c2nc(-c3ccccc3)no2)CC1. The zero-order chi connectivity index (χ0) is 17.1. The van der Waals surface area contributed by atoms with Crippen LogP contribution in [-0.4, -0.2) is 52.0 Å². The van der Waals surface area contributed by atoms with E-state index in [1.807, 2.05) is 49.1 Å². The van der Waals surface area contributed by atoms with Gasteiger partial charge >= 0.3 is 0 Å². The van der Waals surface area contributed by atoms with Gasteiger partial charge in [0.15, 0.2) is 0 Å². The Balaban J connectivity index is 1.63. The van der Waals surface area contributed by atoms with Crippen molar-refractivity contribution in [2.75, 3.05) is 26.2 Å². The third-order valence-corrected chi connectivity index (χ3v) is 4.50. The van der Waals surface area contributed by atoms with Crippen LogP contribution in [0.4, 0.5) is 0 Å². The van der Waals surface area contributed by atoms with Crippen molar-refractivity contribution in [2.45, 2.75) is 26.8 Å². The second-order valence-corrected chi connectivity index (χ2v) is 6.51.